The number of nitriles is 1. The van der Waals surface area contributed by atoms with Crippen LogP contribution in [0.15, 0.2) is 40.8 Å². The molecule has 3 rings (SSSR count). The lowest BCUT2D eigenvalue weighted by atomic mass is 10.1. The van der Waals surface area contributed by atoms with E-state index in [2.05, 4.69) is 0 Å². The summed E-state index contributed by atoms with van der Waals surface area (Å²) in [7, 11) is -3.63. The monoisotopic (exact) mass is 443 g/mol. The van der Waals surface area contributed by atoms with Crippen LogP contribution in [0.5, 0.6) is 0 Å². The number of hydrogen-bond acceptors (Lipinski definition) is 6. The molecule has 9 heteroatoms. The zero-order valence-electron chi connectivity index (χ0n) is 17.8. The number of benzene rings is 1. The van der Waals surface area contributed by atoms with E-state index in [4.69, 9.17) is 9.47 Å². The highest BCUT2D eigenvalue weighted by Gasteiger charge is 2.26. The van der Waals surface area contributed by atoms with Gasteiger partial charge in [0.15, 0.2) is 0 Å². The molecule has 0 amide bonds. The summed E-state index contributed by atoms with van der Waals surface area (Å²) in [6.45, 7) is 7.00. The highest BCUT2D eigenvalue weighted by Crippen LogP contribution is 2.26. The average molecular weight is 444 g/mol. The van der Waals surface area contributed by atoms with Crippen LogP contribution < -0.4 is 0 Å². The molecule has 8 nitrogen and oxygen atoms in total. The van der Waals surface area contributed by atoms with Gasteiger partial charge in [-0.1, -0.05) is 6.07 Å². The molecule has 0 N–H and O–H groups in total. The van der Waals surface area contributed by atoms with Gasteiger partial charge >= 0.3 is 5.97 Å². The molecule has 0 bridgehead atoms. The van der Waals surface area contributed by atoms with Gasteiger partial charge in [-0.15, -0.1) is 0 Å². The van der Waals surface area contributed by atoms with Crippen molar-refractivity contribution in [1.29, 1.82) is 5.26 Å². The predicted molar refractivity (Wildman–Crippen MR) is 115 cm³/mol. The second kappa shape index (κ2) is 9.47. The maximum atomic E-state index is 13.0. The van der Waals surface area contributed by atoms with Crippen molar-refractivity contribution in [3.8, 4) is 11.8 Å². The third-order valence-corrected chi connectivity index (χ3v) is 6.96. The Labute approximate surface area is 182 Å². The van der Waals surface area contributed by atoms with Gasteiger partial charge in [-0.3, -0.25) is 0 Å². The van der Waals surface area contributed by atoms with Crippen molar-refractivity contribution in [3.63, 3.8) is 0 Å². The van der Waals surface area contributed by atoms with Crippen LogP contribution in [0.2, 0.25) is 0 Å². The Kier molecular flexibility index (Phi) is 6.95. The average Bonchev–Trinajstić information content (AvgIpc) is 3.05. The molecule has 0 spiro atoms. The highest BCUT2D eigenvalue weighted by atomic mass is 32.2. The number of rotatable bonds is 6. The Morgan fingerprint density at radius 1 is 1.26 bits per heavy atom. The third kappa shape index (κ3) is 4.71. The van der Waals surface area contributed by atoms with Crippen LogP contribution in [-0.4, -0.2) is 56.2 Å². The van der Waals surface area contributed by atoms with Crippen molar-refractivity contribution >= 4 is 22.1 Å². The number of morpholine rings is 1. The van der Waals surface area contributed by atoms with E-state index in [1.54, 1.807) is 25.1 Å². The van der Waals surface area contributed by atoms with Crippen LogP contribution in [0.25, 0.3) is 11.8 Å². The van der Waals surface area contributed by atoms with Crippen LogP contribution in [0.1, 0.15) is 23.9 Å². The summed E-state index contributed by atoms with van der Waals surface area (Å²) in [6.07, 6.45) is 1.49. The first-order valence-corrected chi connectivity index (χ1v) is 11.4. The lowest BCUT2D eigenvalue weighted by Crippen LogP contribution is -2.40. The predicted octanol–water partition coefficient (Wildman–Crippen LogP) is 2.59. The number of hydrogen-bond donors (Lipinski definition) is 0. The van der Waals surface area contributed by atoms with E-state index in [1.807, 2.05) is 36.6 Å². The summed E-state index contributed by atoms with van der Waals surface area (Å²) in [6, 6.07) is 10.5. The molecule has 0 aliphatic carbocycles. The summed E-state index contributed by atoms with van der Waals surface area (Å²) >= 11 is 0. The highest BCUT2D eigenvalue weighted by molar-refractivity contribution is 7.89. The molecule has 0 saturated carbocycles. The van der Waals surface area contributed by atoms with Gasteiger partial charge < -0.3 is 14.0 Å². The minimum atomic E-state index is -3.63. The zero-order valence-corrected chi connectivity index (χ0v) is 18.6. The Hall–Kier alpha value is -2.93. The molecule has 2 aromatic rings. The van der Waals surface area contributed by atoms with Gasteiger partial charge in [0.1, 0.15) is 11.6 Å². The molecule has 2 heterocycles. The minimum absolute atomic E-state index is 0.0919. The Bertz CT molecular complexity index is 1150. The Morgan fingerprint density at radius 2 is 1.97 bits per heavy atom. The smallest absolute Gasteiger partial charge is 0.348 e. The van der Waals surface area contributed by atoms with E-state index in [-0.39, 0.29) is 17.1 Å². The summed E-state index contributed by atoms with van der Waals surface area (Å²) in [5, 5.41) is 9.31. The zero-order chi connectivity index (χ0) is 22.6. The molecule has 1 fully saturated rings. The van der Waals surface area contributed by atoms with Crippen molar-refractivity contribution in [2.24, 2.45) is 0 Å². The van der Waals surface area contributed by atoms with E-state index >= 15 is 0 Å². The van der Waals surface area contributed by atoms with Gasteiger partial charge in [0.25, 0.3) is 0 Å². The molecule has 0 radical (unpaired) electrons. The van der Waals surface area contributed by atoms with Gasteiger partial charge in [-0.2, -0.15) is 9.57 Å². The lowest BCUT2D eigenvalue weighted by Gasteiger charge is -2.26. The summed E-state index contributed by atoms with van der Waals surface area (Å²) in [4.78, 5) is 12.2. The van der Waals surface area contributed by atoms with E-state index in [9.17, 15) is 18.5 Å². The van der Waals surface area contributed by atoms with Gasteiger partial charge in [0.05, 0.1) is 24.7 Å². The topological polar surface area (TPSA) is 102 Å². The molecule has 164 valence electrons. The number of nitrogens with zero attached hydrogens (tertiary/aromatic N) is 3. The fourth-order valence-electron chi connectivity index (χ4n) is 3.55. The maximum Gasteiger partial charge on any atom is 0.348 e. The normalized spacial score (nSPS) is 15.5. The fourth-order valence-corrected chi connectivity index (χ4v) is 5.00. The number of carbonyl (C=O) groups excluding carboxylic acids is 1. The second-order valence-corrected chi connectivity index (χ2v) is 9.00. The Morgan fingerprint density at radius 3 is 2.61 bits per heavy atom. The number of sulfonamides is 1. The second-order valence-electron chi connectivity index (χ2n) is 7.07. The van der Waals surface area contributed by atoms with Crippen LogP contribution in [-0.2, 0) is 24.3 Å². The molecule has 1 aliphatic heterocycles. The van der Waals surface area contributed by atoms with Crippen LogP contribution in [0, 0.1) is 25.2 Å². The first kappa shape index (κ1) is 22.7. The van der Waals surface area contributed by atoms with Crippen LogP contribution in [0.4, 0.5) is 0 Å². The number of ether oxygens (including phenoxy) is 2. The third-order valence-electron chi connectivity index (χ3n) is 5.07. The van der Waals surface area contributed by atoms with Gasteiger partial charge in [-0.25, -0.2) is 13.2 Å². The molecule has 0 unspecified atom stereocenters. The standard InChI is InChI=1S/C22H25N3O5S/c1-4-30-22(26)19(15-23)13-18-12-16(2)25(17(18)3)20-6-5-7-21(14-20)31(27,28)24-8-10-29-11-9-24/h5-7,12-14H,4,8-11H2,1-3H3/b19-13+. The largest absolute Gasteiger partial charge is 0.462 e. The molecule has 31 heavy (non-hydrogen) atoms. The first-order valence-electron chi connectivity index (χ1n) is 9.95. The maximum absolute atomic E-state index is 13.0. The van der Waals surface area contributed by atoms with E-state index in [0.29, 0.717) is 37.6 Å². The van der Waals surface area contributed by atoms with Gasteiger partial charge in [-0.05, 0) is 56.7 Å². The van der Waals surface area contributed by atoms with Crippen molar-refractivity contribution in [2.75, 3.05) is 32.9 Å². The molecule has 1 aromatic carbocycles. The fraction of sp³-hybridized carbons (Fsp3) is 0.364. The van der Waals surface area contributed by atoms with Crippen LogP contribution >= 0.6 is 0 Å². The number of aromatic nitrogens is 1. The van der Waals surface area contributed by atoms with E-state index in [0.717, 1.165) is 11.4 Å². The molecule has 0 atom stereocenters. The van der Waals surface area contributed by atoms with E-state index < -0.39 is 16.0 Å². The molecular weight excluding hydrogens is 418 g/mol. The van der Waals surface area contributed by atoms with Crippen molar-refractivity contribution in [1.82, 2.24) is 8.87 Å². The van der Waals surface area contributed by atoms with Gasteiger partial charge in [0, 0.05) is 30.2 Å². The molecule has 1 aromatic heterocycles. The van der Waals surface area contributed by atoms with Crippen molar-refractivity contribution in [2.45, 2.75) is 25.7 Å². The molecule has 1 saturated heterocycles. The lowest BCUT2D eigenvalue weighted by molar-refractivity contribution is -0.137. The number of aryl methyl sites for hydroxylation is 1. The van der Waals surface area contributed by atoms with E-state index in [1.165, 1.54) is 10.4 Å². The minimum Gasteiger partial charge on any atom is -0.462 e. The van der Waals surface area contributed by atoms with Gasteiger partial charge in [0.2, 0.25) is 10.0 Å². The van der Waals surface area contributed by atoms with Crippen LogP contribution in [0.3, 0.4) is 0 Å². The number of esters is 1. The quantitative estimate of drug-likeness (QED) is 0.386. The summed E-state index contributed by atoms with van der Waals surface area (Å²) in [5.74, 6) is -0.673. The summed E-state index contributed by atoms with van der Waals surface area (Å²) < 4.78 is 39.6. The SMILES string of the molecule is CCOC(=O)/C(C#N)=C/c1cc(C)n(-c2cccc(S(=O)(=O)N3CCOCC3)c2)c1C. The Balaban J connectivity index is 2.00. The molecular formula is C22H25N3O5S. The number of carbonyl (C=O) groups is 1. The summed E-state index contributed by atoms with van der Waals surface area (Å²) in [5.41, 5.74) is 2.88. The van der Waals surface area contributed by atoms with Crippen molar-refractivity contribution in [3.05, 3.63) is 52.9 Å². The first-order chi connectivity index (χ1) is 14.8. The van der Waals surface area contributed by atoms with Crippen molar-refractivity contribution < 1.29 is 22.7 Å². The molecule has 1 aliphatic rings.